The summed E-state index contributed by atoms with van der Waals surface area (Å²) in [4.78, 5) is 26.0. The molecular weight excluding hydrogens is 258 g/mol. The van der Waals surface area contributed by atoms with Gasteiger partial charge in [0.15, 0.2) is 0 Å². The van der Waals surface area contributed by atoms with Gasteiger partial charge in [0.25, 0.3) is 11.1 Å². The van der Waals surface area contributed by atoms with Crippen LogP contribution >= 0.6 is 11.8 Å². The second-order valence-electron chi connectivity index (χ2n) is 4.16. The van der Waals surface area contributed by atoms with Gasteiger partial charge in [-0.05, 0) is 30.1 Å². The summed E-state index contributed by atoms with van der Waals surface area (Å²) in [5.41, 5.74) is 0.650. The minimum Gasteiger partial charge on any atom is -0.268 e. The molecule has 1 aliphatic heterocycles. The molecule has 0 atom stereocenters. The number of fused-ring (bicyclic) bond motifs is 1. The second-order valence-corrected chi connectivity index (χ2v) is 5.15. The fraction of sp³-hybridized carbons (Fsp3) is 0.0667. The van der Waals surface area contributed by atoms with Crippen molar-refractivity contribution in [2.75, 3.05) is 4.90 Å². The van der Waals surface area contributed by atoms with Crippen molar-refractivity contribution in [1.82, 2.24) is 0 Å². The number of allylic oxidation sites excluding steroid dienone is 1. The lowest BCUT2D eigenvalue weighted by Gasteiger charge is -2.15. The Balaban J connectivity index is 2.20. The van der Waals surface area contributed by atoms with Crippen LogP contribution in [0.1, 0.15) is 6.92 Å². The Labute approximate surface area is 114 Å². The smallest absolute Gasteiger partial charge is 0.268 e. The molecule has 0 spiro atoms. The van der Waals surface area contributed by atoms with E-state index in [1.807, 2.05) is 36.4 Å². The summed E-state index contributed by atoms with van der Waals surface area (Å²) in [5.74, 6) is -0.242. The van der Waals surface area contributed by atoms with Crippen LogP contribution in [0.2, 0.25) is 0 Å². The number of hydrogen-bond donors (Lipinski definition) is 0. The number of nitrogens with zero attached hydrogens (tertiary/aromatic N) is 1. The zero-order chi connectivity index (χ0) is 13.4. The van der Waals surface area contributed by atoms with Crippen LogP contribution in [0.15, 0.2) is 53.4 Å². The first-order valence-corrected chi connectivity index (χ1v) is 6.74. The molecule has 94 valence electrons. The van der Waals surface area contributed by atoms with E-state index >= 15 is 0 Å². The van der Waals surface area contributed by atoms with Gasteiger partial charge in [-0.2, -0.15) is 0 Å². The Morgan fingerprint density at radius 2 is 1.79 bits per heavy atom. The molecule has 0 unspecified atom stereocenters. The second kappa shape index (κ2) is 4.55. The maximum Gasteiger partial charge on any atom is 0.298 e. The summed E-state index contributed by atoms with van der Waals surface area (Å²) < 4.78 is 0. The van der Waals surface area contributed by atoms with Crippen molar-refractivity contribution in [3.8, 4) is 0 Å². The molecule has 4 heteroatoms. The highest BCUT2D eigenvalue weighted by atomic mass is 32.2. The molecule has 19 heavy (non-hydrogen) atoms. The minimum atomic E-state index is -0.242. The van der Waals surface area contributed by atoms with Crippen LogP contribution in [0.3, 0.4) is 0 Å². The van der Waals surface area contributed by atoms with Crippen LogP contribution < -0.4 is 4.90 Å². The Bertz CT molecular complexity index is 716. The van der Waals surface area contributed by atoms with Crippen LogP contribution in [0.5, 0.6) is 0 Å². The number of anilines is 1. The van der Waals surface area contributed by atoms with E-state index < -0.39 is 0 Å². The number of benzene rings is 2. The van der Waals surface area contributed by atoms with Gasteiger partial charge in [0, 0.05) is 5.39 Å². The number of carbonyl (C=O) groups is 2. The molecule has 1 heterocycles. The highest BCUT2D eigenvalue weighted by Gasteiger charge is 2.36. The predicted molar refractivity (Wildman–Crippen MR) is 78.2 cm³/mol. The van der Waals surface area contributed by atoms with Crippen LogP contribution in [-0.4, -0.2) is 11.1 Å². The zero-order valence-electron chi connectivity index (χ0n) is 10.3. The summed E-state index contributed by atoms with van der Waals surface area (Å²) in [7, 11) is 0. The maximum atomic E-state index is 12.2. The van der Waals surface area contributed by atoms with Crippen molar-refractivity contribution in [3.05, 3.63) is 53.4 Å². The van der Waals surface area contributed by atoms with Crippen molar-refractivity contribution in [2.24, 2.45) is 0 Å². The Morgan fingerprint density at radius 3 is 2.53 bits per heavy atom. The molecule has 0 N–H and O–H groups in total. The van der Waals surface area contributed by atoms with E-state index in [0.717, 1.165) is 22.5 Å². The van der Waals surface area contributed by atoms with E-state index in [0.29, 0.717) is 10.6 Å². The highest BCUT2D eigenvalue weighted by Crippen LogP contribution is 2.37. The normalized spacial score (nSPS) is 17.7. The number of amides is 2. The quantitative estimate of drug-likeness (QED) is 0.736. The van der Waals surface area contributed by atoms with Gasteiger partial charge in [0.1, 0.15) is 0 Å². The lowest BCUT2D eigenvalue weighted by Crippen LogP contribution is -2.27. The van der Waals surface area contributed by atoms with Gasteiger partial charge in [0.05, 0.1) is 10.6 Å². The third-order valence-corrected chi connectivity index (χ3v) is 4.05. The third-order valence-electron chi connectivity index (χ3n) is 3.06. The van der Waals surface area contributed by atoms with Crippen LogP contribution in [0, 0.1) is 0 Å². The topological polar surface area (TPSA) is 37.4 Å². The van der Waals surface area contributed by atoms with Crippen molar-refractivity contribution >= 4 is 39.4 Å². The van der Waals surface area contributed by atoms with Gasteiger partial charge in [-0.25, -0.2) is 4.90 Å². The van der Waals surface area contributed by atoms with Crippen molar-refractivity contribution in [2.45, 2.75) is 6.92 Å². The lowest BCUT2D eigenvalue weighted by atomic mass is 10.1. The Hall–Kier alpha value is -2.07. The van der Waals surface area contributed by atoms with E-state index in [9.17, 15) is 9.59 Å². The number of imide groups is 1. The molecule has 1 aliphatic rings. The third kappa shape index (κ3) is 1.85. The summed E-state index contributed by atoms with van der Waals surface area (Å²) >= 11 is 0.984. The molecule has 2 aromatic carbocycles. The highest BCUT2D eigenvalue weighted by molar-refractivity contribution is 8.18. The van der Waals surface area contributed by atoms with Crippen molar-refractivity contribution in [1.29, 1.82) is 0 Å². The van der Waals surface area contributed by atoms with Crippen molar-refractivity contribution < 1.29 is 9.59 Å². The average Bonchev–Trinajstić information content (AvgIpc) is 2.73. The first-order chi connectivity index (χ1) is 9.22. The molecule has 0 bridgehead atoms. The fourth-order valence-corrected chi connectivity index (χ4v) is 2.93. The summed E-state index contributed by atoms with van der Waals surface area (Å²) in [6, 6.07) is 13.4. The van der Waals surface area contributed by atoms with Crippen LogP contribution in [0.25, 0.3) is 10.8 Å². The van der Waals surface area contributed by atoms with E-state index in [1.165, 1.54) is 4.90 Å². The molecule has 2 aromatic rings. The Kier molecular flexibility index (Phi) is 2.87. The molecule has 2 amide bonds. The number of hydrogen-bond acceptors (Lipinski definition) is 3. The molecular formula is C15H11NO2S. The van der Waals surface area contributed by atoms with Gasteiger partial charge in [0.2, 0.25) is 0 Å². The molecule has 0 radical (unpaired) electrons. The minimum absolute atomic E-state index is 0.241. The zero-order valence-corrected chi connectivity index (χ0v) is 11.1. The van der Waals surface area contributed by atoms with E-state index in [2.05, 4.69) is 0 Å². The monoisotopic (exact) mass is 269 g/mol. The molecule has 0 aromatic heterocycles. The molecule has 0 saturated carbocycles. The lowest BCUT2D eigenvalue weighted by molar-refractivity contribution is -0.113. The van der Waals surface area contributed by atoms with Gasteiger partial charge < -0.3 is 0 Å². The van der Waals surface area contributed by atoms with Gasteiger partial charge in [-0.15, -0.1) is 0 Å². The maximum absolute atomic E-state index is 12.2. The molecule has 3 nitrogen and oxygen atoms in total. The molecule has 1 saturated heterocycles. The first kappa shape index (κ1) is 12.0. The van der Waals surface area contributed by atoms with E-state index in [1.54, 1.807) is 19.1 Å². The summed E-state index contributed by atoms with van der Waals surface area (Å²) in [5, 5.41) is 1.68. The molecule has 0 aliphatic carbocycles. The first-order valence-electron chi connectivity index (χ1n) is 5.92. The van der Waals surface area contributed by atoms with Gasteiger partial charge in [-0.1, -0.05) is 42.5 Å². The average molecular weight is 269 g/mol. The number of carbonyl (C=O) groups excluding carboxylic acids is 2. The van der Waals surface area contributed by atoms with E-state index in [-0.39, 0.29) is 11.1 Å². The summed E-state index contributed by atoms with van der Waals surface area (Å²) in [6.07, 6.45) is 1.68. The standard InChI is InChI=1S/C15H11NO2S/c1-2-13-14(17)16(15(18)19-13)12-9-5-7-10-6-3-4-8-11(10)12/h2-9H,1H3/b13-2-. The van der Waals surface area contributed by atoms with Gasteiger partial charge in [-0.3, -0.25) is 9.59 Å². The van der Waals surface area contributed by atoms with Gasteiger partial charge >= 0.3 is 0 Å². The predicted octanol–water partition coefficient (Wildman–Crippen LogP) is 3.94. The van der Waals surface area contributed by atoms with Crippen molar-refractivity contribution in [3.63, 3.8) is 0 Å². The number of thioether (sulfide) groups is 1. The van der Waals surface area contributed by atoms with E-state index in [4.69, 9.17) is 0 Å². The Morgan fingerprint density at radius 1 is 1.05 bits per heavy atom. The largest absolute Gasteiger partial charge is 0.298 e. The molecule has 1 fully saturated rings. The summed E-state index contributed by atoms with van der Waals surface area (Å²) in [6.45, 7) is 1.76. The van der Waals surface area contributed by atoms with Crippen LogP contribution in [-0.2, 0) is 4.79 Å². The SMILES string of the molecule is C/C=C1\SC(=O)N(c2cccc3ccccc23)C1=O. The van der Waals surface area contributed by atoms with Crippen LogP contribution in [0.4, 0.5) is 10.5 Å². The molecule has 3 rings (SSSR count). The number of rotatable bonds is 1. The fourth-order valence-electron chi connectivity index (χ4n) is 2.17.